The Morgan fingerprint density at radius 2 is 2.38 bits per heavy atom. The van der Waals surface area contributed by atoms with Crippen LogP contribution in [0.5, 0.6) is 0 Å². The van der Waals surface area contributed by atoms with Crippen LogP contribution in [0, 0.1) is 0 Å². The van der Waals surface area contributed by atoms with Gasteiger partial charge < -0.3 is 5.11 Å². The van der Waals surface area contributed by atoms with Crippen molar-refractivity contribution in [2.45, 2.75) is 18.2 Å². The molecule has 0 rings (SSSR count). The van der Waals surface area contributed by atoms with Crippen molar-refractivity contribution in [3.8, 4) is 0 Å². The van der Waals surface area contributed by atoms with Crippen LogP contribution in [-0.2, 0) is 4.79 Å². The summed E-state index contributed by atoms with van der Waals surface area (Å²) in [6.45, 7) is 1.56. The average Bonchev–Trinajstić information content (AvgIpc) is 1.67. The minimum atomic E-state index is -0.160. The Bertz CT molecular complexity index is 82.5. The number of Topliss-reactive ketones (excluding diaryl/α,β-unsaturated/α-hetero) is 1. The normalized spacial score (nSPS) is 13.4. The molecule has 48 valence electrons. The van der Waals surface area contributed by atoms with Crippen LogP contribution >= 0.6 is 15.9 Å². The molecule has 2 nitrogen and oxygen atoms in total. The quantitative estimate of drug-likeness (QED) is 0.651. The van der Waals surface area contributed by atoms with Crippen LogP contribution < -0.4 is 0 Å². The molecule has 1 N–H and O–H groups in total. The van der Waals surface area contributed by atoms with Crippen LogP contribution in [0.4, 0.5) is 0 Å². The lowest BCUT2D eigenvalue weighted by Crippen LogP contribution is -2.10. The van der Waals surface area contributed by atoms with Crippen LogP contribution in [0.2, 0.25) is 0 Å². The van der Waals surface area contributed by atoms with E-state index < -0.39 is 0 Å². The van der Waals surface area contributed by atoms with Crippen LogP contribution in [-0.4, -0.2) is 22.3 Å². The van der Waals surface area contributed by atoms with E-state index in [9.17, 15) is 4.79 Å². The van der Waals surface area contributed by atoms with Crippen molar-refractivity contribution in [1.82, 2.24) is 0 Å². The number of ketones is 1. The maximum Gasteiger partial charge on any atom is 0.143 e. The van der Waals surface area contributed by atoms with Gasteiger partial charge in [0.25, 0.3) is 0 Å². The molecule has 1 unspecified atom stereocenters. The number of aliphatic hydroxyl groups excluding tert-OH is 1. The number of aliphatic hydroxyl groups is 1. The van der Waals surface area contributed by atoms with Crippen LogP contribution in [0.25, 0.3) is 0 Å². The average molecular weight is 181 g/mol. The van der Waals surface area contributed by atoms with Gasteiger partial charge in [0.05, 0.1) is 4.83 Å². The number of hydrogen-bond donors (Lipinski definition) is 1. The molecule has 0 saturated heterocycles. The molecular formula is C5H9BrO2. The predicted molar refractivity (Wildman–Crippen MR) is 35.1 cm³/mol. The Labute approximate surface area is 57.0 Å². The summed E-state index contributed by atoms with van der Waals surface area (Å²) >= 11 is 3.09. The smallest absolute Gasteiger partial charge is 0.143 e. The molecule has 3 heteroatoms. The highest BCUT2D eigenvalue weighted by Gasteiger charge is 2.06. The molecule has 0 aliphatic carbocycles. The second kappa shape index (κ2) is 4.04. The van der Waals surface area contributed by atoms with E-state index in [4.69, 9.17) is 5.11 Å². The Morgan fingerprint density at radius 1 is 1.88 bits per heavy atom. The molecule has 0 bridgehead atoms. The van der Waals surface area contributed by atoms with Gasteiger partial charge in [-0.3, -0.25) is 4.79 Å². The number of halogens is 1. The molecule has 0 aromatic rings. The van der Waals surface area contributed by atoms with Gasteiger partial charge in [-0.25, -0.2) is 0 Å². The molecule has 0 aromatic heterocycles. The maximum atomic E-state index is 10.4. The van der Waals surface area contributed by atoms with Crippen molar-refractivity contribution in [2.75, 3.05) is 6.61 Å². The summed E-state index contributed by atoms with van der Waals surface area (Å²) < 4.78 is 0. The van der Waals surface area contributed by atoms with Crippen molar-refractivity contribution in [1.29, 1.82) is 0 Å². The van der Waals surface area contributed by atoms with Gasteiger partial charge in [0.2, 0.25) is 0 Å². The molecule has 1 atom stereocenters. The molecule has 0 radical (unpaired) electrons. The van der Waals surface area contributed by atoms with E-state index in [0.717, 1.165) is 0 Å². The maximum absolute atomic E-state index is 10.4. The fourth-order valence-corrected chi connectivity index (χ4v) is 0.521. The summed E-state index contributed by atoms with van der Waals surface area (Å²) in [7, 11) is 0. The summed E-state index contributed by atoms with van der Waals surface area (Å²) in [4.78, 5) is 10.2. The van der Waals surface area contributed by atoms with Crippen LogP contribution in [0.3, 0.4) is 0 Å². The fraction of sp³-hybridized carbons (Fsp3) is 0.800. The molecule has 0 aliphatic rings. The first-order valence-corrected chi connectivity index (χ1v) is 3.35. The van der Waals surface area contributed by atoms with Gasteiger partial charge in [-0.05, 0) is 13.3 Å². The van der Waals surface area contributed by atoms with E-state index in [2.05, 4.69) is 15.9 Å². The number of alkyl halides is 1. The molecule has 8 heavy (non-hydrogen) atoms. The Balaban J connectivity index is 3.32. The van der Waals surface area contributed by atoms with Gasteiger partial charge in [0.1, 0.15) is 5.78 Å². The van der Waals surface area contributed by atoms with Crippen molar-refractivity contribution in [3.63, 3.8) is 0 Å². The van der Waals surface area contributed by atoms with E-state index in [0.29, 0.717) is 6.42 Å². The SMILES string of the molecule is CC(=O)C(Br)CCO. The largest absolute Gasteiger partial charge is 0.396 e. The predicted octanol–water partition coefficient (Wildman–Crippen LogP) is 0.721. The summed E-state index contributed by atoms with van der Waals surface area (Å²) in [6.07, 6.45) is 0.509. The van der Waals surface area contributed by atoms with Crippen molar-refractivity contribution in [3.05, 3.63) is 0 Å². The van der Waals surface area contributed by atoms with Crippen LogP contribution in [0.15, 0.2) is 0 Å². The Kier molecular flexibility index (Phi) is 4.09. The van der Waals surface area contributed by atoms with Gasteiger partial charge in [0.15, 0.2) is 0 Å². The van der Waals surface area contributed by atoms with E-state index in [1.165, 1.54) is 6.92 Å². The van der Waals surface area contributed by atoms with Crippen molar-refractivity contribution in [2.24, 2.45) is 0 Å². The molecule has 0 spiro atoms. The van der Waals surface area contributed by atoms with Gasteiger partial charge in [-0.15, -0.1) is 0 Å². The lowest BCUT2D eigenvalue weighted by molar-refractivity contribution is -0.116. The zero-order chi connectivity index (χ0) is 6.57. The Morgan fingerprint density at radius 3 is 2.50 bits per heavy atom. The third-order valence-electron chi connectivity index (χ3n) is 0.824. The zero-order valence-electron chi connectivity index (χ0n) is 4.72. The van der Waals surface area contributed by atoms with Gasteiger partial charge >= 0.3 is 0 Å². The minimum Gasteiger partial charge on any atom is -0.396 e. The molecule has 0 heterocycles. The first-order chi connectivity index (χ1) is 3.68. The second-order valence-electron chi connectivity index (χ2n) is 1.59. The standard InChI is InChI=1S/C5H9BrO2/c1-4(8)5(6)2-3-7/h5,7H,2-3H2,1H3. The highest BCUT2D eigenvalue weighted by molar-refractivity contribution is 9.10. The third kappa shape index (κ3) is 3.16. The van der Waals surface area contributed by atoms with E-state index in [1.54, 1.807) is 0 Å². The highest BCUT2D eigenvalue weighted by Crippen LogP contribution is 2.04. The number of carbonyl (C=O) groups excluding carboxylic acids is 1. The van der Waals surface area contributed by atoms with Crippen molar-refractivity contribution < 1.29 is 9.90 Å². The Hall–Kier alpha value is 0.110. The summed E-state index contributed by atoms with van der Waals surface area (Å²) in [6, 6.07) is 0. The number of rotatable bonds is 3. The molecular weight excluding hydrogens is 172 g/mol. The van der Waals surface area contributed by atoms with Crippen LogP contribution in [0.1, 0.15) is 13.3 Å². The number of hydrogen-bond acceptors (Lipinski definition) is 2. The monoisotopic (exact) mass is 180 g/mol. The molecule has 0 fully saturated rings. The fourth-order valence-electron chi connectivity index (χ4n) is 0.317. The second-order valence-corrected chi connectivity index (χ2v) is 2.70. The van der Waals surface area contributed by atoms with Gasteiger partial charge in [-0.1, -0.05) is 15.9 Å². The van der Waals surface area contributed by atoms with Gasteiger partial charge in [-0.2, -0.15) is 0 Å². The summed E-state index contributed by atoms with van der Waals surface area (Å²) in [5.41, 5.74) is 0. The lowest BCUT2D eigenvalue weighted by atomic mass is 10.2. The summed E-state index contributed by atoms with van der Waals surface area (Å²) in [5.74, 6) is 0.0686. The molecule has 0 aromatic carbocycles. The first-order valence-electron chi connectivity index (χ1n) is 2.44. The van der Waals surface area contributed by atoms with Crippen molar-refractivity contribution >= 4 is 21.7 Å². The summed E-state index contributed by atoms with van der Waals surface area (Å²) in [5, 5.41) is 8.30. The first kappa shape index (κ1) is 8.11. The molecule has 0 aliphatic heterocycles. The minimum absolute atomic E-state index is 0.0650. The number of carbonyl (C=O) groups is 1. The van der Waals surface area contributed by atoms with E-state index >= 15 is 0 Å². The lowest BCUT2D eigenvalue weighted by Gasteiger charge is -1.99. The van der Waals surface area contributed by atoms with E-state index in [1.807, 2.05) is 0 Å². The third-order valence-corrected chi connectivity index (χ3v) is 1.93. The molecule has 0 saturated carbocycles. The zero-order valence-corrected chi connectivity index (χ0v) is 6.31. The van der Waals surface area contributed by atoms with E-state index in [-0.39, 0.29) is 17.2 Å². The highest BCUT2D eigenvalue weighted by atomic mass is 79.9. The van der Waals surface area contributed by atoms with Gasteiger partial charge in [0, 0.05) is 6.61 Å². The molecule has 0 amide bonds. The topological polar surface area (TPSA) is 37.3 Å².